The molecule has 23 heavy (non-hydrogen) atoms. The van der Waals surface area contributed by atoms with E-state index in [0.717, 1.165) is 6.42 Å². The summed E-state index contributed by atoms with van der Waals surface area (Å²) in [5.74, 6) is 0. The Balaban J connectivity index is -0.000000125. The second kappa shape index (κ2) is 19.3. The molecular weight excluding hydrogens is 371 g/mol. The molecule has 0 aliphatic rings. The minimum Gasteiger partial charge on any atom is -0.378 e. The van der Waals surface area contributed by atoms with Gasteiger partial charge in [0, 0.05) is 0 Å². The molecule has 0 bridgehead atoms. The molecule has 0 N–H and O–H groups in total. The van der Waals surface area contributed by atoms with E-state index in [1.54, 1.807) is 6.92 Å². The lowest BCUT2D eigenvalue weighted by Crippen LogP contribution is -2.15. The Bertz CT molecular complexity index is 299. The lowest BCUT2D eigenvalue weighted by molar-refractivity contribution is -0.148. The Hall–Kier alpha value is -0.720. The molecule has 0 heterocycles. The van der Waals surface area contributed by atoms with E-state index in [9.17, 15) is 38.5 Å². The summed E-state index contributed by atoms with van der Waals surface area (Å²) in [7, 11) is -5.67. The summed E-state index contributed by atoms with van der Waals surface area (Å²) in [5.41, 5.74) is 0. The maximum Gasteiger partial charge on any atom is 0.476 e. The number of alkyl halides is 7. The lowest BCUT2D eigenvalue weighted by atomic mass is 10.3. The fraction of sp³-hybridized carbons (Fsp3) is 1.00. The fourth-order valence-electron chi connectivity index (χ4n) is 0.494. The molecule has 0 saturated carbocycles. The Morgan fingerprint density at radius 2 is 1.30 bits per heavy atom. The van der Waals surface area contributed by atoms with Gasteiger partial charge in [-0.15, -0.1) is 0 Å². The average molecular weight is 390 g/mol. The highest BCUT2D eigenvalue weighted by Gasteiger charge is 2.26. The zero-order valence-electron chi connectivity index (χ0n) is 12.4. The molecule has 0 aromatic heterocycles. The van der Waals surface area contributed by atoms with Crippen molar-refractivity contribution < 1.29 is 51.7 Å². The molecule has 0 radical (unpaired) electrons. The van der Waals surface area contributed by atoms with Crippen molar-refractivity contribution >= 4 is 10.6 Å². The molecule has 0 aliphatic heterocycles. The van der Waals surface area contributed by atoms with Crippen LogP contribution in [0.5, 0.6) is 0 Å². The molecule has 0 aliphatic carbocycles. The summed E-state index contributed by atoms with van der Waals surface area (Å²) in [6.07, 6.45) is -4.26. The van der Waals surface area contributed by atoms with Gasteiger partial charge in [0.2, 0.25) is 6.93 Å². The number of hydrogen-bond acceptors (Lipinski definition) is 3. The van der Waals surface area contributed by atoms with Gasteiger partial charge >= 0.3 is 16.8 Å². The zero-order valence-corrected chi connectivity index (χ0v) is 13.2. The van der Waals surface area contributed by atoms with Crippen LogP contribution in [0.3, 0.4) is 0 Å². The van der Waals surface area contributed by atoms with Crippen LogP contribution in [0, 0.1) is 0 Å². The van der Waals surface area contributed by atoms with Crippen LogP contribution in [0.2, 0.25) is 0 Å². The third-order valence-electron chi connectivity index (χ3n) is 1.43. The van der Waals surface area contributed by atoms with Crippen molar-refractivity contribution in [1.29, 1.82) is 0 Å². The van der Waals surface area contributed by atoms with Gasteiger partial charge in [0.1, 0.15) is 13.3 Å². The summed E-state index contributed by atoms with van der Waals surface area (Å²) in [5, 5.41) is 0. The summed E-state index contributed by atoms with van der Waals surface area (Å²) in [6.45, 7) is -0.0346. The third kappa shape index (κ3) is 91.9. The van der Waals surface area contributed by atoms with Gasteiger partial charge in [-0.05, 0) is 13.3 Å². The minimum atomic E-state index is -5.67. The maximum atomic E-state index is 11.5. The van der Waals surface area contributed by atoms with Gasteiger partial charge in [-0.1, -0.05) is 14.7 Å². The first-order valence-corrected chi connectivity index (χ1v) is 7.13. The van der Waals surface area contributed by atoms with Gasteiger partial charge in [-0.25, -0.2) is 17.6 Å². The van der Waals surface area contributed by atoms with Gasteiger partial charge in [0.25, 0.3) is 0 Å². The van der Waals surface area contributed by atoms with Crippen LogP contribution in [0.15, 0.2) is 0 Å². The molecule has 0 fully saturated rings. The first-order chi connectivity index (χ1) is 10.3. The number of halogens is 9. The first-order valence-electron chi connectivity index (χ1n) is 5.85. The highest BCUT2D eigenvalue weighted by molar-refractivity contribution is 7.81. The molecule has 0 amide bonds. The van der Waals surface area contributed by atoms with E-state index in [0.29, 0.717) is 0 Å². The second-order valence-corrected chi connectivity index (χ2v) is 4.07. The van der Waals surface area contributed by atoms with Gasteiger partial charge in [0.05, 0.1) is 19.1 Å². The monoisotopic (exact) mass is 390 g/mol. The minimum absolute atomic E-state index is 0.0719. The van der Waals surface area contributed by atoms with E-state index in [1.165, 1.54) is 0 Å². The van der Waals surface area contributed by atoms with Crippen molar-refractivity contribution in [3.63, 3.8) is 0 Å². The van der Waals surface area contributed by atoms with Crippen molar-refractivity contribution in [2.75, 3.05) is 26.9 Å². The van der Waals surface area contributed by atoms with Crippen molar-refractivity contribution in [2.45, 2.75) is 39.0 Å². The molecule has 146 valence electrons. The zero-order chi connectivity index (χ0) is 19.5. The Morgan fingerprint density at radius 1 is 1.00 bits per heavy atom. The molecule has 3 nitrogen and oxygen atoms in total. The van der Waals surface area contributed by atoms with E-state index < -0.39 is 43.5 Å². The van der Waals surface area contributed by atoms with E-state index in [1.807, 2.05) is 6.92 Å². The molecule has 0 aromatic rings. The van der Waals surface area contributed by atoms with Gasteiger partial charge in [0.15, 0.2) is 0 Å². The Kier molecular flexibility index (Phi) is 25.4. The SMILES string of the molecule is CCC(C)OCCC(F)(F)F.FCCF.FCF.O=S(=O)(F)F. The van der Waals surface area contributed by atoms with Crippen LogP contribution in [0.4, 0.5) is 38.5 Å². The number of ether oxygens (including phenoxy) is 1. The normalized spacial score (nSPS) is 11.8. The topological polar surface area (TPSA) is 43.4 Å². The molecule has 1 atom stereocenters. The fourth-order valence-corrected chi connectivity index (χ4v) is 0.494. The van der Waals surface area contributed by atoms with Gasteiger partial charge in [-0.2, -0.15) is 21.6 Å². The number of hydrogen-bond donors (Lipinski definition) is 0. The summed E-state index contributed by atoms with van der Waals surface area (Å²) in [4.78, 5) is 0. The summed E-state index contributed by atoms with van der Waals surface area (Å²) < 4.78 is 116. The largest absolute Gasteiger partial charge is 0.476 e. The van der Waals surface area contributed by atoms with Crippen molar-refractivity contribution in [3.8, 4) is 0 Å². The van der Waals surface area contributed by atoms with E-state index in [2.05, 4.69) is 0 Å². The van der Waals surface area contributed by atoms with E-state index >= 15 is 0 Å². The third-order valence-corrected chi connectivity index (χ3v) is 1.43. The first kappa shape index (κ1) is 30.2. The predicted molar refractivity (Wildman–Crippen MR) is 66.5 cm³/mol. The van der Waals surface area contributed by atoms with Crippen LogP contribution in [0.25, 0.3) is 0 Å². The van der Waals surface area contributed by atoms with Crippen LogP contribution in [-0.4, -0.2) is 47.6 Å². The van der Waals surface area contributed by atoms with Crippen LogP contribution >= 0.6 is 0 Å². The smallest absolute Gasteiger partial charge is 0.378 e. The molecule has 13 heteroatoms. The lowest BCUT2D eigenvalue weighted by Gasteiger charge is -2.11. The summed E-state index contributed by atoms with van der Waals surface area (Å²) in [6, 6.07) is 0. The van der Waals surface area contributed by atoms with E-state index in [-0.39, 0.29) is 12.7 Å². The standard InChI is InChI=1S/C7H13F3O.C2H4F2.CH2F2.F2O2S/c1-3-6(2)11-5-4-7(8,9)10;3-1-2-4;2-1-3;1-5(2,3)4/h6H,3-5H2,1-2H3;1-2H2;1H2;. The molecule has 1 unspecified atom stereocenters. The second-order valence-electron chi connectivity index (χ2n) is 3.31. The molecule has 0 aromatic carbocycles. The quantitative estimate of drug-likeness (QED) is 0.504. The predicted octanol–water partition coefficient (Wildman–Crippen LogP) is 4.73. The molecular formula is C10H19F9O3S. The van der Waals surface area contributed by atoms with Crippen LogP contribution in [0.1, 0.15) is 26.7 Å². The van der Waals surface area contributed by atoms with Gasteiger partial charge < -0.3 is 4.74 Å². The van der Waals surface area contributed by atoms with E-state index in [4.69, 9.17) is 13.2 Å². The average Bonchev–Trinajstić information content (AvgIpc) is 2.36. The maximum absolute atomic E-state index is 11.5. The molecule has 0 saturated heterocycles. The van der Waals surface area contributed by atoms with Crippen molar-refractivity contribution in [1.82, 2.24) is 0 Å². The van der Waals surface area contributed by atoms with Crippen molar-refractivity contribution in [2.24, 2.45) is 0 Å². The van der Waals surface area contributed by atoms with Gasteiger partial charge in [-0.3, -0.25) is 0 Å². The molecule has 0 spiro atoms. The Labute approximate surface area is 129 Å². The Morgan fingerprint density at radius 3 is 1.48 bits per heavy atom. The van der Waals surface area contributed by atoms with Crippen molar-refractivity contribution in [3.05, 3.63) is 0 Å². The molecule has 0 rings (SSSR count). The highest BCUT2D eigenvalue weighted by Crippen LogP contribution is 2.19. The van der Waals surface area contributed by atoms with Crippen LogP contribution in [-0.2, 0) is 15.3 Å². The number of rotatable bonds is 5. The highest BCUT2D eigenvalue weighted by atomic mass is 32.3. The summed E-state index contributed by atoms with van der Waals surface area (Å²) >= 11 is 0. The van der Waals surface area contributed by atoms with Crippen LogP contribution < -0.4 is 0 Å².